The van der Waals surface area contributed by atoms with E-state index in [0.717, 1.165) is 16.9 Å². The Kier molecular flexibility index (Phi) is 4.56. The van der Waals surface area contributed by atoms with Gasteiger partial charge in [0.15, 0.2) is 5.82 Å². The van der Waals surface area contributed by atoms with Crippen molar-refractivity contribution < 1.29 is 9.53 Å². The number of benzene rings is 2. The molecule has 0 saturated heterocycles. The van der Waals surface area contributed by atoms with E-state index in [1.54, 1.807) is 7.11 Å². The second-order valence-corrected chi connectivity index (χ2v) is 5.26. The van der Waals surface area contributed by atoms with Gasteiger partial charge in [-0.25, -0.2) is 0 Å². The maximum absolute atomic E-state index is 11.8. The van der Waals surface area contributed by atoms with Gasteiger partial charge in [-0.2, -0.15) is 9.67 Å². The fraction of sp³-hybridized carbons (Fsp3) is 0.167. The summed E-state index contributed by atoms with van der Waals surface area (Å²) in [7, 11) is 1.63. The molecule has 6 nitrogen and oxygen atoms in total. The summed E-state index contributed by atoms with van der Waals surface area (Å²) in [6, 6.07) is 17.3. The van der Waals surface area contributed by atoms with Gasteiger partial charge in [-0.05, 0) is 17.7 Å². The van der Waals surface area contributed by atoms with Crippen LogP contribution in [0.5, 0.6) is 5.75 Å². The van der Waals surface area contributed by atoms with Crippen LogP contribution < -0.4 is 10.1 Å². The molecule has 1 N–H and O–H groups in total. The molecular weight excluding hydrogens is 304 g/mol. The molecular formula is C18H18N4O2. The van der Waals surface area contributed by atoms with Crippen molar-refractivity contribution in [1.82, 2.24) is 14.8 Å². The van der Waals surface area contributed by atoms with Crippen LogP contribution in [0.1, 0.15) is 17.3 Å². The summed E-state index contributed by atoms with van der Waals surface area (Å²) in [4.78, 5) is 16.3. The van der Waals surface area contributed by atoms with E-state index in [0.29, 0.717) is 18.3 Å². The van der Waals surface area contributed by atoms with Crippen molar-refractivity contribution in [3.05, 3.63) is 60.2 Å². The zero-order valence-electron chi connectivity index (χ0n) is 13.6. The Morgan fingerprint density at radius 3 is 2.46 bits per heavy atom. The molecule has 0 aliphatic carbocycles. The van der Waals surface area contributed by atoms with Crippen LogP contribution in [0.2, 0.25) is 0 Å². The first-order valence-corrected chi connectivity index (χ1v) is 7.57. The Hall–Kier alpha value is -3.15. The van der Waals surface area contributed by atoms with Crippen molar-refractivity contribution >= 4 is 11.9 Å². The predicted octanol–water partition coefficient (Wildman–Crippen LogP) is 3.23. The minimum atomic E-state index is -0.193. The number of rotatable bonds is 5. The minimum Gasteiger partial charge on any atom is -0.497 e. The van der Waals surface area contributed by atoms with Crippen molar-refractivity contribution in [2.75, 3.05) is 12.4 Å². The SMILES string of the molecule is COc1ccc(CNc2nc(-c3ccccc3)nn2C(C)=O)cc1. The standard InChI is InChI=1S/C18H18N4O2/c1-13(23)22-18(19-12-14-8-10-16(24-2)11-9-14)20-17(21-22)15-6-4-3-5-7-15/h3-11H,12H2,1-2H3,(H,19,20,21). The summed E-state index contributed by atoms with van der Waals surface area (Å²) in [5, 5.41) is 7.46. The second kappa shape index (κ2) is 6.95. The topological polar surface area (TPSA) is 69.0 Å². The quantitative estimate of drug-likeness (QED) is 0.781. The van der Waals surface area contributed by atoms with Gasteiger partial charge in [0.05, 0.1) is 7.11 Å². The number of nitrogens with one attached hydrogen (secondary N) is 1. The first-order chi connectivity index (χ1) is 11.7. The van der Waals surface area contributed by atoms with E-state index < -0.39 is 0 Å². The molecule has 0 amide bonds. The maximum Gasteiger partial charge on any atom is 0.246 e. The van der Waals surface area contributed by atoms with E-state index in [4.69, 9.17) is 4.74 Å². The molecule has 1 heterocycles. The number of methoxy groups -OCH3 is 1. The third-order valence-corrected chi connectivity index (χ3v) is 3.55. The summed E-state index contributed by atoms with van der Waals surface area (Å²) < 4.78 is 6.43. The molecule has 2 aromatic carbocycles. The van der Waals surface area contributed by atoms with Gasteiger partial charge in [-0.3, -0.25) is 4.79 Å². The predicted molar refractivity (Wildman–Crippen MR) is 92.1 cm³/mol. The monoisotopic (exact) mass is 322 g/mol. The van der Waals surface area contributed by atoms with Crippen molar-refractivity contribution in [2.45, 2.75) is 13.5 Å². The Balaban J connectivity index is 1.81. The number of nitrogens with zero attached hydrogens (tertiary/aromatic N) is 3. The molecule has 0 aliphatic heterocycles. The molecule has 0 bridgehead atoms. The van der Waals surface area contributed by atoms with Gasteiger partial charge in [0, 0.05) is 19.0 Å². The Morgan fingerprint density at radius 1 is 1.12 bits per heavy atom. The largest absolute Gasteiger partial charge is 0.497 e. The third-order valence-electron chi connectivity index (χ3n) is 3.55. The van der Waals surface area contributed by atoms with Gasteiger partial charge < -0.3 is 10.1 Å². The van der Waals surface area contributed by atoms with Crippen LogP contribution >= 0.6 is 0 Å². The second-order valence-electron chi connectivity index (χ2n) is 5.26. The van der Waals surface area contributed by atoms with Gasteiger partial charge in [-0.1, -0.05) is 42.5 Å². The van der Waals surface area contributed by atoms with Gasteiger partial charge >= 0.3 is 0 Å². The fourth-order valence-electron chi connectivity index (χ4n) is 2.28. The lowest BCUT2D eigenvalue weighted by Gasteiger charge is -2.06. The molecule has 0 unspecified atom stereocenters. The number of hydrogen-bond donors (Lipinski definition) is 1. The molecule has 0 saturated carbocycles. The molecule has 0 fully saturated rings. The number of carbonyl (C=O) groups excluding carboxylic acids is 1. The van der Waals surface area contributed by atoms with Crippen LogP contribution in [0.25, 0.3) is 11.4 Å². The molecule has 0 spiro atoms. The Bertz CT molecular complexity index is 826. The van der Waals surface area contributed by atoms with Crippen molar-refractivity contribution in [2.24, 2.45) is 0 Å². The molecule has 6 heteroatoms. The van der Waals surface area contributed by atoms with Crippen LogP contribution in [0.3, 0.4) is 0 Å². The fourth-order valence-corrected chi connectivity index (χ4v) is 2.28. The van der Waals surface area contributed by atoms with Crippen molar-refractivity contribution in [1.29, 1.82) is 0 Å². The highest BCUT2D eigenvalue weighted by Gasteiger charge is 2.14. The molecule has 24 heavy (non-hydrogen) atoms. The van der Waals surface area contributed by atoms with E-state index in [9.17, 15) is 4.79 Å². The van der Waals surface area contributed by atoms with Crippen molar-refractivity contribution in [3.8, 4) is 17.1 Å². The molecule has 0 radical (unpaired) electrons. The van der Waals surface area contributed by atoms with Crippen LogP contribution in [0, 0.1) is 0 Å². The van der Waals surface area contributed by atoms with E-state index in [1.165, 1.54) is 11.6 Å². The Labute approximate surface area is 140 Å². The van der Waals surface area contributed by atoms with Gasteiger partial charge in [0.25, 0.3) is 0 Å². The molecule has 3 rings (SSSR count). The number of aromatic nitrogens is 3. The van der Waals surface area contributed by atoms with Gasteiger partial charge in [0.2, 0.25) is 11.9 Å². The zero-order chi connectivity index (χ0) is 16.9. The normalized spacial score (nSPS) is 10.4. The van der Waals surface area contributed by atoms with Crippen LogP contribution in [-0.2, 0) is 6.54 Å². The molecule has 3 aromatic rings. The summed E-state index contributed by atoms with van der Waals surface area (Å²) in [6.45, 7) is 1.99. The van der Waals surface area contributed by atoms with E-state index in [1.807, 2.05) is 54.6 Å². The van der Waals surface area contributed by atoms with E-state index in [2.05, 4.69) is 15.4 Å². The summed E-state index contributed by atoms with van der Waals surface area (Å²) >= 11 is 0. The average molecular weight is 322 g/mol. The summed E-state index contributed by atoms with van der Waals surface area (Å²) in [5.41, 5.74) is 1.92. The molecule has 0 aliphatic rings. The van der Waals surface area contributed by atoms with Crippen LogP contribution in [-0.4, -0.2) is 27.8 Å². The highest BCUT2D eigenvalue weighted by Crippen LogP contribution is 2.18. The highest BCUT2D eigenvalue weighted by molar-refractivity contribution is 5.79. The third kappa shape index (κ3) is 3.43. The first-order valence-electron chi connectivity index (χ1n) is 7.57. The zero-order valence-corrected chi connectivity index (χ0v) is 13.6. The molecule has 1 aromatic heterocycles. The minimum absolute atomic E-state index is 0.193. The lowest BCUT2D eigenvalue weighted by atomic mass is 10.2. The number of carbonyl (C=O) groups is 1. The van der Waals surface area contributed by atoms with Crippen molar-refractivity contribution in [3.63, 3.8) is 0 Å². The van der Waals surface area contributed by atoms with Gasteiger partial charge in [-0.15, -0.1) is 5.10 Å². The lowest BCUT2D eigenvalue weighted by Crippen LogP contribution is -2.13. The average Bonchev–Trinajstić information content (AvgIpc) is 3.06. The van der Waals surface area contributed by atoms with E-state index in [-0.39, 0.29) is 5.91 Å². The maximum atomic E-state index is 11.8. The number of anilines is 1. The molecule has 122 valence electrons. The smallest absolute Gasteiger partial charge is 0.246 e. The lowest BCUT2D eigenvalue weighted by molar-refractivity contribution is 0.0924. The summed E-state index contributed by atoms with van der Waals surface area (Å²) in [5.74, 6) is 1.55. The Morgan fingerprint density at radius 2 is 1.83 bits per heavy atom. The first kappa shape index (κ1) is 15.7. The summed E-state index contributed by atoms with van der Waals surface area (Å²) in [6.07, 6.45) is 0. The number of ether oxygens (including phenoxy) is 1. The number of hydrogen-bond acceptors (Lipinski definition) is 5. The van der Waals surface area contributed by atoms with E-state index >= 15 is 0 Å². The molecule has 0 atom stereocenters. The van der Waals surface area contributed by atoms with Crippen LogP contribution in [0.4, 0.5) is 5.95 Å². The van der Waals surface area contributed by atoms with Gasteiger partial charge in [0.1, 0.15) is 5.75 Å². The highest BCUT2D eigenvalue weighted by atomic mass is 16.5. The van der Waals surface area contributed by atoms with Crippen LogP contribution in [0.15, 0.2) is 54.6 Å².